The number of anilines is 1. The third kappa shape index (κ3) is 2.33. The lowest BCUT2D eigenvalue weighted by molar-refractivity contribution is 0.506. The predicted octanol–water partition coefficient (Wildman–Crippen LogP) is 1.89. The summed E-state index contributed by atoms with van der Waals surface area (Å²) in [6.07, 6.45) is 7.54. The van der Waals surface area contributed by atoms with Crippen LogP contribution in [0.15, 0.2) is 43.1 Å². The van der Waals surface area contributed by atoms with Crippen LogP contribution in [0.2, 0.25) is 0 Å². The van der Waals surface area contributed by atoms with Gasteiger partial charge in [-0.15, -0.1) is 0 Å². The lowest BCUT2D eigenvalue weighted by Crippen LogP contribution is -2.33. The second-order valence-corrected chi connectivity index (χ2v) is 5.32. The predicted molar refractivity (Wildman–Crippen MR) is 79.9 cm³/mol. The summed E-state index contributed by atoms with van der Waals surface area (Å²) in [6.45, 7) is 1.86. The third-order valence-corrected chi connectivity index (χ3v) is 3.97. The van der Waals surface area contributed by atoms with Crippen LogP contribution in [0.4, 0.5) is 5.82 Å². The van der Waals surface area contributed by atoms with E-state index in [0.717, 1.165) is 36.4 Å². The number of aromatic nitrogens is 5. The zero-order chi connectivity index (χ0) is 14.1. The first-order chi connectivity index (χ1) is 10.4. The maximum Gasteiger partial charge on any atom is 0.148 e. The molecular formula is C15H16N6. The number of rotatable bonds is 3. The van der Waals surface area contributed by atoms with Gasteiger partial charge in [-0.2, -0.15) is 5.10 Å². The van der Waals surface area contributed by atoms with Gasteiger partial charge >= 0.3 is 0 Å². The van der Waals surface area contributed by atoms with E-state index in [9.17, 15) is 0 Å². The van der Waals surface area contributed by atoms with Gasteiger partial charge in [-0.25, -0.2) is 9.97 Å². The second-order valence-electron chi connectivity index (χ2n) is 5.32. The quantitative estimate of drug-likeness (QED) is 0.733. The maximum absolute atomic E-state index is 4.75. The molecule has 6 heteroatoms. The summed E-state index contributed by atoms with van der Waals surface area (Å²) >= 11 is 0. The second kappa shape index (κ2) is 5.12. The molecule has 0 bridgehead atoms. The van der Waals surface area contributed by atoms with Crippen LogP contribution in [0.5, 0.6) is 0 Å². The Bertz CT molecular complexity index is 739. The van der Waals surface area contributed by atoms with Gasteiger partial charge < -0.3 is 4.90 Å². The van der Waals surface area contributed by atoms with Crippen molar-refractivity contribution in [2.24, 2.45) is 0 Å². The molecule has 0 spiro atoms. The van der Waals surface area contributed by atoms with Gasteiger partial charge in [0, 0.05) is 6.54 Å². The van der Waals surface area contributed by atoms with Crippen molar-refractivity contribution in [3.8, 4) is 0 Å². The number of hydrogen-bond donors (Lipinski definition) is 0. The Hall–Kier alpha value is -2.50. The Morgan fingerprint density at radius 3 is 2.95 bits per heavy atom. The van der Waals surface area contributed by atoms with Gasteiger partial charge in [-0.05, 0) is 25.0 Å². The van der Waals surface area contributed by atoms with Crippen LogP contribution in [0.3, 0.4) is 0 Å². The molecule has 1 aliphatic heterocycles. The number of fused-ring (bicyclic) bond motifs is 1. The molecule has 3 aromatic rings. The SMILES string of the molecule is c1ccc2nc(N3CCC[C@H]3Cn3cncn3)cnc2c1. The molecule has 0 N–H and O–H groups in total. The van der Waals surface area contributed by atoms with Gasteiger partial charge in [0.2, 0.25) is 0 Å². The summed E-state index contributed by atoms with van der Waals surface area (Å²) in [5.74, 6) is 0.955. The Kier molecular flexibility index (Phi) is 2.99. The van der Waals surface area contributed by atoms with Gasteiger partial charge in [0.1, 0.15) is 18.5 Å². The van der Waals surface area contributed by atoms with E-state index >= 15 is 0 Å². The molecular weight excluding hydrogens is 264 g/mol. The highest BCUT2D eigenvalue weighted by molar-refractivity contribution is 5.75. The molecule has 2 aromatic heterocycles. The van der Waals surface area contributed by atoms with Gasteiger partial charge in [-0.3, -0.25) is 9.67 Å². The van der Waals surface area contributed by atoms with Gasteiger partial charge in [0.25, 0.3) is 0 Å². The van der Waals surface area contributed by atoms with Crippen molar-refractivity contribution in [3.05, 3.63) is 43.1 Å². The molecule has 0 radical (unpaired) electrons. The highest BCUT2D eigenvalue weighted by atomic mass is 15.3. The van der Waals surface area contributed by atoms with Crippen molar-refractivity contribution in [1.82, 2.24) is 24.7 Å². The molecule has 1 aromatic carbocycles. The summed E-state index contributed by atoms with van der Waals surface area (Å²) in [7, 11) is 0. The van der Waals surface area contributed by atoms with Gasteiger partial charge in [0.15, 0.2) is 0 Å². The third-order valence-electron chi connectivity index (χ3n) is 3.97. The van der Waals surface area contributed by atoms with Crippen molar-refractivity contribution in [2.75, 3.05) is 11.4 Å². The first-order valence-corrected chi connectivity index (χ1v) is 7.21. The van der Waals surface area contributed by atoms with Crippen LogP contribution < -0.4 is 4.90 Å². The van der Waals surface area contributed by atoms with Crippen LogP contribution in [-0.2, 0) is 6.54 Å². The summed E-state index contributed by atoms with van der Waals surface area (Å²) < 4.78 is 1.89. The van der Waals surface area contributed by atoms with E-state index in [2.05, 4.69) is 20.0 Å². The molecule has 0 saturated carbocycles. The van der Waals surface area contributed by atoms with Crippen LogP contribution >= 0.6 is 0 Å². The van der Waals surface area contributed by atoms with E-state index in [0.29, 0.717) is 6.04 Å². The minimum Gasteiger partial charge on any atom is -0.350 e. The fourth-order valence-corrected chi connectivity index (χ4v) is 2.96. The number of benzene rings is 1. The summed E-state index contributed by atoms with van der Waals surface area (Å²) in [5, 5.41) is 4.20. The smallest absolute Gasteiger partial charge is 0.148 e. The molecule has 6 nitrogen and oxygen atoms in total. The lowest BCUT2D eigenvalue weighted by Gasteiger charge is -2.25. The largest absolute Gasteiger partial charge is 0.350 e. The minimum absolute atomic E-state index is 0.405. The fraction of sp³-hybridized carbons (Fsp3) is 0.333. The van der Waals surface area contributed by atoms with Crippen LogP contribution in [-0.4, -0.2) is 37.3 Å². The highest BCUT2D eigenvalue weighted by Gasteiger charge is 2.26. The molecule has 0 unspecified atom stereocenters. The Balaban J connectivity index is 1.63. The van der Waals surface area contributed by atoms with E-state index in [4.69, 9.17) is 4.98 Å². The van der Waals surface area contributed by atoms with Crippen molar-refractivity contribution in [2.45, 2.75) is 25.4 Å². The summed E-state index contributed by atoms with van der Waals surface area (Å²) in [6, 6.07) is 8.39. The summed E-state index contributed by atoms with van der Waals surface area (Å²) in [4.78, 5) is 15.6. The van der Waals surface area contributed by atoms with E-state index in [1.54, 1.807) is 12.7 Å². The number of para-hydroxylation sites is 2. The van der Waals surface area contributed by atoms with Gasteiger partial charge in [0.05, 0.1) is 29.8 Å². The molecule has 3 heterocycles. The van der Waals surface area contributed by atoms with Crippen molar-refractivity contribution < 1.29 is 0 Å². The Morgan fingerprint density at radius 1 is 1.19 bits per heavy atom. The van der Waals surface area contributed by atoms with E-state index in [1.165, 1.54) is 6.42 Å². The van der Waals surface area contributed by atoms with E-state index in [1.807, 2.05) is 35.1 Å². The molecule has 1 fully saturated rings. The average Bonchev–Trinajstić information content (AvgIpc) is 3.19. The molecule has 1 saturated heterocycles. The first kappa shape index (κ1) is 12.3. The van der Waals surface area contributed by atoms with E-state index in [-0.39, 0.29) is 0 Å². The normalized spacial score (nSPS) is 18.5. The number of hydrogen-bond acceptors (Lipinski definition) is 5. The van der Waals surface area contributed by atoms with Gasteiger partial charge in [-0.1, -0.05) is 12.1 Å². The minimum atomic E-state index is 0.405. The molecule has 21 heavy (non-hydrogen) atoms. The molecule has 1 atom stereocenters. The zero-order valence-corrected chi connectivity index (χ0v) is 11.6. The number of nitrogens with zero attached hydrogens (tertiary/aromatic N) is 6. The first-order valence-electron chi connectivity index (χ1n) is 7.21. The molecule has 4 rings (SSSR count). The molecule has 1 aliphatic rings. The molecule has 0 amide bonds. The molecule has 106 valence electrons. The lowest BCUT2D eigenvalue weighted by atomic mass is 10.2. The van der Waals surface area contributed by atoms with Crippen molar-refractivity contribution in [3.63, 3.8) is 0 Å². The summed E-state index contributed by atoms with van der Waals surface area (Å²) in [5.41, 5.74) is 1.88. The standard InChI is InChI=1S/C15H16N6/c1-2-6-14-13(5-1)17-8-15(19-14)21-7-3-4-12(21)9-20-11-16-10-18-20/h1-2,5-6,8,10-12H,3-4,7,9H2/t12-/m0/s1. The fourth-order valence-electron chi connectivity index (χ4n) is 2.96. The van der Waals surface area contributed by atoms with Crippen LogP contribution in [0.25, 0.3) is 11.0 Å². The average molecular weight is 280 g/mol. The Morgan fingerprint density at radius 2 is 2.10 bits per heavy atom. The van der Waals surface area contributed by atoms with Crippen LogP contribution in [0, 0.1) is 0 Å². The van der Waals surface area contributed by atoms with Crippen molar-refractivity contribution >= 4 is 16.9 Å². The highest BCUT2D eigenvalue weighted by Crippen LogP contribution is 2.25. The molecule has 0 aliphatic carbocycles. The van der Waals surface area contributed by atoms with E-state index < -0.39 is 0 Å². The Labute approximate surface area is 122 Å². The topological polar surface area (TPSA) is 59.7 Å². The monoisotopic (exact) mass is 280 g/mol. The van der Waals surface area contributed by atoms with Crippen molar-refractivity contribution in [1.29, 1.82) is 0 Å². The van der Waals surface area contributed by atoms with Crippen LogP contribution in [0.1, 0.15) is 12.8 Å². The zero-order valence-electron chi connectivity index (χ0n) is 11.6. The maximum atomic E-state index is 4.75.